The molecule has 0 saturated carbocycles. The number of carboxylic acids is 1. The van der Waals surface area contributed by atoms with E-state index in [1.807, 2.05) is 24.3 Å². The summed E-state index contributed by atoms with van der Waals surface area (Å²) in [5.74, 6) is -3.54. The third kappa shape index (κ3) is 17.5. The highest BCUT2D eigenvalue weighted by Gasteiger charge is 2.31. The van der Waals surface area contributed by atoms with Gasteiger partial charge in [0.25, 0.3) is 0 Å². The molecule has 22 nitrogen and oxygen atoms in total. The number of carbonyl (C=O) groups is 6. The number of pyridine rings is 1. The summed E-state index contributed by atoms with van der Waals surface area (Å²) in [7, 11) is 1.59. The van der Waals surface area contributed by atoms with Crippen LogP contribution in [-0.2, 0) is 24.0 Å². The number of aromatic nitrogens is 1. The number of unbranched alkanes of at least 4 members (excludes halogenated alkanes) is 4. The van der Waals surface area contributed by atoms with Crippen LogP contribution < -0.4 is 64.6 Å². The van der Waals surface area contributed by atoms with Gasteiger partial charge in [0.2, 0.25) is 29.5 Å². The zero-order valence-corrected chi connectivity index (χ0v) is 48.9. The van der Waals surface area contributed by atoms with Gasteiger partial charge in [-0.2, -0.15) is 0 Å². The van der Waals surface area contributed by atoms with E-state index in [1.165, 1.54) is 37.3 Å². The number of thiocarbonyl (C=S) groups is 1. The number of aromatic carboxylic acids is 1. The van der Waals surface area contributed by atoms with Gasteiger partial charge >= 0.3 is 5.97 Å². The van der Waals surface area contributed by atoms with Gasteiger partial charge in [-0.05, 0) is 181 Å². The first-order valence-corrected chi connectivity index (χ1v) is 29.0. The number of benzene rings is 5. The van der Waals surface area contributed by atoms with Gasteiger partial charge in [-0.1, -0.05) is 17.7 Å². The van der Waals surface area contributed by atoms with Gasteiger partial charge in [0.05, 0.1) is 29.4 Å². The molecule has 4 atom stereocenters. The largest absolute Gasteiger partial charge is 0.508 e. The zero-order chi connectivity index (χ0) is 61.2. The molecule has 15 N–H and O–H groups in total. The maximum atomic E-state index is 14.2. The van der Waals surface area contributed by atoms with E-state index in [-0.39, 0.29) is 58.9 Å². The Morgan fingerprint density at radius 1 is 0.671 bits per heavy atom. The Bertz CT molecular complexity index is 3600. The number of ether oxygens (including phenoxy) is 1. The average molecular weight is 1200 g/mol. The maximum Gasteiger partial charge on any atom is 0.336 e. The van der Waals surface area contributed by atoms with Gasteiger partial charge in [-0.25, -0.2) is 9.78 Å². The van der Waals surface area contributed by atoms with Crippen LogP contribution in [0.1, 0.15) is 94.3 Å². The molecule has 0 fully saturated rings. The lowest BCUT2D eigenvalue weighted by Gasteiger charge is -2.26. The summed E-state index contributed by atoms with van der Waals surface area (Å²) < 4.78 is 11.4. The molecule has 2 aliphatic rings. The molecule has 1 aliphatic heterocycles. The van der Waals surface area contributed by atoms with Gasteiger partial charge in [0.15, 0.2) is 10.5 Å². The highest BCUT2D eigenvalue weighted by Crippen LogP contribution is 2.42. The number of fused-ring (bicyclic) bond motifs is 4. The Morgan fingerprint density at radius 3 is 1.92 bits per heavy atom. The SMILES string of the molecule is COc1ccc2nc3cc(Cl)ccc3c(NCCCC[C@H](NC(=O)[C@H](CCCCN)NC(=O)[C@H](CCCCN)NC(=O)[C@H](CCCCNC(=S)Nc3ccc(-c4c5ccc(=O)cc-5oc5cc(O)ccc45)c(C(=O)O)c3)NC(C)=O)C(N)=O)c2c1. The number of anilines is 2. The normalized spacial score (nSPS) is 12.7. The van der Waals surface area contributed by atoms with Crippen molar-refractivity contribution >= 4 is 109 Å². The lowest BCUT2D eigenvalue weighted by Crippen LogP contribution is -2.58. The molecule has 85 heavy (non-hydrogen) atoms. The van der Waals surface area contributed by atoms with E-state index in [2.05, 4.69) is 37.2 Å². The molecule has 5 amide bonds. The van der Waals surface area contributed by atoms with Crippen LogP contribution in [0.15, 0.2) is 100 Å². The number of nitrogens with zero attached hydrogens (tertiary/aromatic N) is 1. The third-order valence-corrected chi connectivity index (χ3v) is 14.8. The van der Waals surface area contributed by atoms with E-state index < -0.39 is 59.7 Å². The van der Waals surface area contributed by atoms with E-state index in [4.69, 9.17) is 55.2 Å². The van der Waals surface area contributed by atoms with Crippen molar-refractivity contribution in [1.82, 2.24) is 31.6 Å². The summed E-state index contributed by atoms with van der Waals surface area (Å²) in [6.45, 7) is 2.76. The summed E-state index contributed by atoms with van der Waals surface area (Å²) in [6.07, 6.45) is 4.70. The second-order valence-electron chi connectivity index (χ2n) is 20.6. The number of phenols is 1. The summed E-state index contributed by atoms with van der Waals surface area (Å²) in [6, 6.07) is 20.1. The molecule has 0 radical (unpaired) electrons. The minimum atomic E-state index is -1.23. The molecule has 0 saturated heterocycles. The van der Waals surface area contributed by atoms with Crippen molar-refractivity contribution in [3.8, 4) is 33.9 Å². The molecule has 7 rings (SSSR count). The minimum Gasteiger partial charge on any atom is -0.508 e. The number of amides is 5. The zero-order valence-electron chi connectivity index (χ0n) is 47.3. The van der Waals surface area contributed by atoms with Crippen molar-refractivity contribution in [3.63, 3.8) is 0 Å². The smallest absolute Gasteiger partial charge is 0.336 e. The van der Waals surface area contributed by atoms with Crippen LogP contribution in [-0.4, -0.2) is 113 Å². The summed E-state index contributed by atoms with van der Waals surface area (Å²) in [5, 5.41) is 44.2. The van der Waals surface area contributed by atoms with Crippen molar-refractivity contribution in [3.05, 3.63) is 112 Å². The molecular weight excluding hydrogens is 1130 g/mol. The number of carboxylic acid groups (broad SMARTS) is 1. The van der Waals surface area contributed by atoms with E-state index >= 15 is 0 Å². The van der Waals surface area contributed by atoms with Crippen molar-refractivity contribution in [2.24, 2.45) is 17.2 Å². The third-order valence-electron chi connectivity index (χ3n) is 14.3. The predicted molar refractivity (Wildman–Crippen MR) is 333 cm³/mol. The molecule has 1 aliphatic carbocycles. The second kappa shape index (κ2) is 30.8. The number of halogens is 1. The van der Waals surface area contributed by atoms with Crippen LogP contribution in [0.2, 0.25) is 5.02 Å². The number of rotatable bonds is 31. The van der Waals surface area contributed by atoms with Crippen LogP contribution >= 0.6 is 23.8 Å². The second-order valence-corrected chi connectivity index (χ2v) is 21.5. The van der Waals surface area contributed by atoms with E-state index in [0.29, 0.717) is 122 Å². The Kier molecular flexibility index (Phi) is 23.1. The standard InChI is InChI=1S/C61H72ClN11O11S/c1-34(74)68-48(14-6-10-28-67-61(85)69-36-16-21-40(44(30-36)60(81)82)54-42-22-17-37(75)31-52(42)84-53-32-38(76)18-23-43(53)54)57(78)72-50(13-4-8-26-64)59(80)73-49(12-3-7-25-63)58(79)71-47(56(65)77)11-5-9-27-66-55-41-20-15-35(62)29-51(41)70-46-24-19-39(83-2)33-45(46)55/h15-24,29-33,47-50,75H,3-14,25-28,63-64H2,1-2H3,(H2,65,77)(H,66,70)(H,68,74)(H,71,79)(H,72,78)(H,73,80)(H,81,82)(H2,67,69,85)/t47-,48-,49-,50-/m0/s1. The number of methoxy groups -OCH3 is 1. The van der Waals surface area contributed by atoms with Crippen molar-refractivity contribution < 1.29 is 48.1 Å². The minimum absolute atomic E-state index is 0.0731. The molecule has 2 heterocycles. The number of nitrogens with two attached hydrogens (primary N) is 3. The number of carbonyl (C=O) groups excluding carboxylic acids is 5. The van der Waals surface area contributed by atoms with Crippen LogP contribution in [0.4, 0.5) is 11.4 Å². The van der Waals surface area contributed by atoms with Crippen LogP contribution in [0.25, 0.3) is 55.2 Å². The Labute approximate surface area is 501 Å². The Hall–Kier alpha value is -8.64. The molecular formula is C61H72ClN11O11S. The van der Waals surface area contributed by atoms with Crippen LogP contribution in [0.5, 0.6) is 11.5 Å². The number of hydrogen-bond acceptors (Lipinski definition) is 15. The van der Waals surface area contributed by atoms with Crippen LogP contribution in [0, 0.1) is 0 Å². The quantitative estimate of drug-likeness (QED) is 0.0121. The van der Waals surface area contributed by atoms with Crippen molar-refractivity contribution in [2.75, 3.05) is 43.9 Å². The fraction of sp³-hybridized carbons (Fsp3) is 0.361. The first-order valence-electron chi connectivity index (χ1n) is 28.2. The van der Waals surface area contributed by atoms with Gasteiger partial charge < -0.3 is 73.8 Å². The van der Waals surface area contributed by atoms with Gasteiger partial charge in [-0.3, -0.25) is 28.8 Å². The number of hydrogen-bond donors (Lipinski definition) is 12. The number of primary amides is 1. The molecule has 1 aromatic heterocycles. The van der Waals surface area contributed by atoms with Gasteiger partial charge in [-0.15, -0.1) is 0 Å². The molecule has 0 unspecified atom stereocenters. The molecule has 24 heteroatoms. The van der Waals surface area contributed by atoms with Crippen LogP contribution in [0.3, 0.4) is 0 Å². The van der Waals surface area contributed by atoms with E-state index in [1.54, 1.807) is 43.5 Å². The number of phenolic OH excluding ortho intramolecular Hbond substituents is 1. The van der Waals surface area contributed by atoms with E-state index in [0.717, 1.165) is 22.0 Å². The number of nitrogens with one attached hydrogen (secondary N) is 7. The fourth-order valence-electron chi connectivity index (χ4n) is 10.1. The summed E-state index contributed by atoms with van der Waals surface area (Å²) in [4.78, 5) is 97.2. The van der Waals surface area contributed by atoms with Crippen molar-refractivity contribution in [2.45, 2.75) is 108 Å². The summed E-state index contributed by atoms with van der Waals surface area (Å²) in [5.41, 5.74) is 21.3. The molecule has 4 aromatic carbocycles. The average Bonchev–Trinajstić information content (AvgIpc) is 1.33. The Morgan fingerprint density at radius 2 is 1.28 bits per heavy atom. The maximum absolute atomic E-state index is 14.2. The lowest BCUT2D eigenvalue weighted by atomic mass is 9.90. The summed E-state index contributed by atoms with van der Waals surface area (Å²) >= 11 is 11.9. The molecule has 0 bridgehead atoms. The highest BCUT2D eigenvalue weighted by molar-refractivity contribution is 7.80. The first kappa shape index (κ1) is 63.9. The van der Waals surface area contributed by atoms with Crippen molar-refractivity contribution in [1.29, 1.82) is 0 Å². The molecule has 0 spiro atoms. The number of aromatic hydroxyl groups is 1. The monoisotopic (exact) mass is 1200 g/mol. The predicted octanol–water partition coefficient (Wildman–Crippen LogP) is 6.77. The first-order chi connectivity index (χ1) is 40.9. The topological polar surface area (TPSA) is 357 Å². The molecule has 450 valence electrons. The fourth-order valence-corrected chi connectivity index (χ4v) is 10.4. The lowest BCUT2D eigenvalue weighted by molar-refractivity contribution is -0.134. The molecule has 5 aromatic rings. The Balaban J connectivity index is 0.933. The highest BCUT2D eigenvalue weighted by atomic mass is 35.5. The van der Waals surface area contributed by atoms with Gasteiger partial charge in [0.1, 0.15) is 47.0 Å². The van der Waals surface area contributed by atoms with Gasteiger partial charge in [0, 0.05) is 70.1 Å². The van der Waals surface area contributed by atoms with E-state index in [9.17, 15) is 43.8 Å².